The van der Waals surface area contributed by atoms with Crippen molar-refractivity contribution in [3.8, 4) is 6.07 Å². The summed E-state index contributed by atoms with van der Waals surface area (Å²) in [6.07, 6.45) is 4.16. The first kappa shape index (κ1) is 16.5. The summed E-state index contributed by atoms with van der Waals surface area (Å²) in [6, 6.07) is 7.08. The third kappa shape index (κ3) is 4.30. The van der Waals surface area contributed by atoms with Crippen LogP contribution in [0.4, 0.5) is 11.4 Å². The molecule has 1 amide bonds. The van der Waals surface area contributed by atoms with E-state index < -0.39 is 5.84 Å². The number of anilines is 2. The van der Waals surface area contributed by atoms with E-state index in [1.165, 1.54) is 0 Å². The Balaban J connectivity index is 2.04. The molecule has 7 nitrogen and oxygen atoms in total. The molecule has 1 aromatic rings. The number of nitriles is 1. The molecule has 120 valence electrons. The number of nitrogens with zero attached hydrogens (tertiary/aromatic N) is 2. The van der Waals surface area contributed by atoms with E-state index in [1.54, 1.807) is 18.2 Å². The van der Waals surface area contributed by atoms with Gasteiger partial charge in [-0.25, -0.2) is 0 Å². The van der Waals surface area contributed by atoms with E-state index in [1.807, 2.05) is 13.0 Å². The quantitative estimate of drug-likeness (QED) is 0.378. The molecular weight excluding hydrogens is 292 g/mol. The van der Waals surface area contributed by atoms with E-state index in [0.717, 1.165) is 36.9 Å². The van der Waals surface area contributed by atoms with Crippen LogP contribution in [0.1, 0.15) is 31.2 Å². The zero-order chi connectivity index (χ0) is 16.8. The van der Waals surface area contributed by atoms with Gasteiger partial charge in [0.15, 0.2) is 5.84 Å². The van der Waals surface area contributed by atoms with E-state index in [-0.39, 0.29) is 17.5 Å². The van der Waals surface area contributed by atoms with Crippen molar-refractivity contribution in [1.82, 2.24) is 0 Å². The number of hydrazone groups is 1. The second-order valence-corrected chi connectivity index (χ2v) is 5.60. The number of rotatable bonds is 5. The highest BCUT2D eigenvalue weighted by molar-refractivity contribution is 6.45. The maximum absolute atomic E-state index is 12.2. The lowest BCUT2D eigenvalue weighted by Crippen LogP contribution is -2.22. The Labute approximate surface area is 135 Å². The highest BCUT2D eigenvalue weighted by atomic mass is 16.1. The first-order valence-electron chi connectivity index (χ1n) is 7.51. The summed E-state index contributed by atoms with van der Waals surface area (Å²) in [4.78, 5) is 12.2. The Morgan fingerprint density at radius 1 is 1.43 bits per heavy atom. The van der Waals surface area contributed by atoms with Crippen LogP contribution >= 0.6 is 0 Å². The molecule has 0 aliphatic heterocycles. The van der Waals surface area contributed by atoms with E-state index in [9.17, 15) is 4.79 Å². The molecule has 1 aliphatic carbocycles. The predicted octanol–water partition coefficient (Wildman–Crippen LogP) is 2.35. The summed E-state index contributed by atoms with van der Waals surface area (Å²) in [7, 11) is 0. The molecule has 1 saturated carbocycles. The fourth-order valence-electron chi connectivity index (χ4n) is 2.56. The Morgan fingerprint density at radius 2 is 2.13 bits per heavy atom. The molecule has 2 rings (SSSR count). The standard InChI is InChI=1S/C16H20N6O/c1-10-8-12(21-22-14(9-17)15(18)19)6-7-13(10)20-16(23)11-4-2-3-5-11/h6-8,11,21H,2-5H2,1H3,(H3,18,19)(H,20,23)/b22-14+. The molecule has 0 radical (unpaired) electrons. The zero-order valence-electron chi connectivity index (χ0n) is 13.0. The molecule has 0 unspecified atom stereocenters. The maximum atomic E-state index is 12.2. The van der Waals surface area contributed by atoms with Crippen LogP contribution in [0.25, 0.3) is 0 Å². The molecule has 5 N–H and O–H groups in total. The Kier molecular flexibility index (Phi) is 5.31. The Hall–Kier alpha value is -2.88. The average Bonchev–Trinajstić information content (AvgIpc) is 3.04. The third-order valence-electron chi connectivity index (χ3n) is 3.87. The van der Waals surface area contributed by atoms with Crippen LogP contribution in [-0.2, 0) is 4.79 Å². The van der Waals surface area contributed by atoms with Gasteiger partial charge < -0.3 is 11.1 Å². The summed E-state index contributed by atoms with van der Waals surface area (Å²) >= 11 is 0. The molecule has 0 atom stereocenters. The highest BCUT2D eigenvalue weighted by Gasteiger charge is 2.22. The lowest BCUT2D eigenvalue weighted by atomic mass is 10.1. The van der Waals surface area contributed by atoms with Crippen molar-refractivity contribution in [2.24, 2.45) is 16.8 Å². The number of aryl methyl sites for hydroxylation is 1. The molecule has 1 fully saturated rings. The Bertz CT molecular complexity index is 682. The van der Waals surface area contributed by atoms with E-state index in [0.29, 0.717) is 5.69 Å². The molecule has 1 aliphatic rings. The van der Waals surface area contributed by atoms with Crippen molar-refractivity contribution in [2.45, 2.75) is 32.6 Å². The fraction of sp³-hybridized carbons (Fsp3) is 0.375. The van der Waals surface area contributed by atoms with Gasteiger partial charge in [0.1, 0.15) is 6.07 Å². The van der Waals surface area contributed by atoms with E-state index >= 15 is 0 Å². The number of amides is 1. The lowest BCUT2D eigenvalue weighted by molar-refractivity contribution is -0.119. The topological polar surface area (TPSA) is 127 Å². The third-order valence-corrected chi connectivity index (χ3v) is 3.87. The molecule has 0 saturated heterocycles. The molecular formula is C16H20N6O. The van der Waals surface area contributed by atoms with E-state index in [4.69, 9.17) is 16.4 Å². The number of hydrogen-bond donors (Lipinski definition) is 4. The number of amidine groups is 1. The number of nitrogens with one attached hydrogen (secondary N) is 3. The second-order valence-electron chi connectivity index (χ2n) is 5.60. The van der Waals surface area contributed by atoms with Gasteiger partial charge in [-0.05, 0) is 43.5 Å². The maximum Gasteiger partial charge on any atom is 0.227 e. The SMILES string of the molecule is Cc1cc(N/N=C(\C#N)C(=N)N)ccc1NC(=O)C1CCCC1. The van der Waals surface area contributed by atoms with Crippen molar-refractivity contribution in [1.29, 1.82) is 10.7 Å². The molecule has 0 bridgehead atoms. The first-order valence-corrected chi connectivity index (χ1v) is 7.51. The van der Waals surface area contributed by atoms with Crippen LogP contribution in [0, 0.1) is 29.6 Å². The number of benzene rings is 1. The van der Waals surface area contributed by atoms with Gasteiger partial charge in [-0.1, -0.05) is 12.8 Å². The summed E-state index contributed by atoms with van der Waals surface area (Å²) in [6.45, 7) is 1.88. The van der Waals surface area contributed by atoms with E-state index in [2.05, 4.69) is 15.8 Å². The minimum absolute atomic E-state index is 0.0766. The van der Waals surface area contributed by atoms with Crippen LogP contribution in [0.5, 0.6) is 0 Å². The summed E-state index contributed by atoms with van der Waals surface area (Å²) in [5, 5.41) is 22.7. The lowest BCUT2D eigenvalue weighted by Gasteiger charge is -2.13. The number of carbonyl (C=O) groups excluding carboxylic acids is 1. The normalized spacial score (nSPS) is 15.0. The van der Waals surface area contributed by atoms with Crippen molar-refractivity contribution < 1.29 is 4.79 Å². The minimum Gasteiger partial charge on any atom is -0.382 e. The van der Waals surface area contributed by atoms with Gasteiger partial charge in [-0.2, -0.15) is 10.4 Å². The van der Waals surface area contributed by atoms with Gasteiger partial charge in [-0.3, -0.25) is 15.6 Å². The molecule has 23 heavy (non-hydrogen) atoms. The van der Waals surface area contributed by atoms with Crippen molar-refractivity contribution >= 4 is 28.8 Å². The largest absolute Gasteiger partial charge is 0.382 e. The van der Waals surface area contributed by atoms with Gasteiger partial charge in [0.25, 0.3) is 0 Å². The Morgan fingerprint density at radius 3 is 2.70 bits per heavy atom. The number of hydrogen-bond acceptors (Lipinski definition) is 5. The molecule has 0 spiro atoms. The van der Waals surface area contributed by atoms with Gasteiger partial charge in [0.05, 0.1) is 5.69 Å². The average molecular weight is 312 g/mol. The molecule has 0 heterocycles. The van der Waals surface area contributed by atoms with Crippen LogP contribution < -0.4 is 16.5 Å². The van der Waals surface area contributed by atoms with Gasteiger partial charge in [0, 0.05) is 11.6 Å². The minimum atomic E-state index is -0.392. The fourth-order valence-corrected chi connectivity index (χ4v) is 2.56. The van der Waals surface area contributed by atoms with Crippen molar-refractivity contribution in [3.05, 3.63) is 23.8 Å². The van der Waals surface area contributed by atoms with Crippen LogP contribution in [-0.4, -0.2) is 17.5 Å². The van der Waals surface area contributed by atoms with Crippen LogP contribution in [0.2, 0.25) is 0 Å². The molecule has 7 heteroatoms. The molecule has 0 aromatic heterocycles. The predicted molar refractivity (Wildman–Crippen MR) is 90.4 cm³/mol. The monoisotopic (exact) mass is 312 g/mol. The summed E-state index contributed by atoms with van der Waals surface area (Å²) in [5.74, 6) is -0.199. The van der Waals surface area contributed by atoms with Crippen molar-refractivity contribution in [2.75, 3.05) is 10.7 Å². The van der Waals surface area contributed by atoms with Crippen LogP contribution in [0.15, 0.2) is 23.3 Å². The second kappa shape index (κ2) is 7.40. The highest BCUT2D eigenvalue weighted by Crippen LogP contribution is 2.27. The van der Waals surface area contributed by atoms with Crippen LogP contribution in [0.3, 0.4) is 0 Å². The summed E-state index contributed by atoms with van der Waals surface area (Å²) in [5.41, 5.74) is 10.0. The summed E-state index contributed by atoms with van der Waals surface area (Å²) < 4.78 is 0. The number of carbonyl (C=O) groups is 1. The van der Waals surface area contributed by atoms with Crippen molar-refractivity contribution in [3.63, 3.8) is 0 Å². The smallest absolute Gasteiger partial charge is 0.227 e. The first-order chi connectivity index (χ1) is 11.0. The van der Waals surface area contributed by atoms with Gasteiger partial charge >= 0.3 is 0 Å². The molecule has 1 aromatic carbocycles. The van der Waals surface area contributed by atoms with Gasteiger partial charge in [0.2, 0.25) is 11.6 Å². The number of nitrogens with two attached hydrogens (primary N) is 1. The zero-order valence-corrected chi connectivity index (χ0v) is 13.0. The van der Waals surface area contributed by atoms with Gasteiger partial charge in [-0.15, -0.1) is 0 Å².